The van der Waals surface area contributed by atoms with Gasteiger partial charge in [0.15, 0.2) is 5.82 Å². The Bertz CT molecular complexity index is 217. The van der Waals surface area contributed by atoms with Gasteiger partial charge in [-0.25, -0.2) is 0 Å². The summed E-state index contributed by atoms with van der Waals surface area (Å²) in [6, 6.07) is 0.307. The zero-order valence-corrected chi connectivity index (χ0v) is 6.87. The molecule has 0 radical (unpaired) electrons. The number of nitrogens with one attached hydrogen (secondary N) is 1. The molecule has 0 aliphatic carbocycles. The minimum Gasteiger partial charge on any atom is -0.349 e. The van der Waals surface area contributed by atoms with E-state index in [0.717, 1.165) is 0 Å². The Hall–Kier alpha value is -1.26. The first-order valence-electron chi connectivity index (χ1n) is 3.49. The van der Waals surface area contributed by atoms with Crippen LogP contribution in [0, 0.1) is 6.92 Å². The third-order valence-corrected chi connectivity index (χ3v) is 0.997. The van der Waals surface area contributed by atoms with E-state index in [1.165, 1.54) is 0 Å². The summed E-state index contributed by atoms with van der Waals surface area (Å²) in [6.07, 6.45) is 0. The van der Waals surface area contributed by atoms with E-state index in [1.54, 1.807) is 6.92 Å². The normalized spacial score (nSPS) is 10.2. The molecular weight excluding hydrogens is 142 g/mol. The lowest BCUT2D eigenvalue weighted by Crippen LogP contribution is -2.14. The van der Waals surface area contributed by atoms with E-state index in [0.29, 0.717) is 17.8 Å². The molecule has 0 amide bonds. The van der Waals surface area contributed by atoms with Gasteiger partial charge in [-0.15, -0.1) is 20.4 Å². The molecule has 0 aliphatic rings. The lowest BCUT2D eigenvalue weighted by molar-refractivity contribution is 0.779. The summed E-state index contributed by atoms with van der Waals surface area (Å²) in [5, 5.41) is 18.0. The molecule has 5 heteroatoms. The monoisotopic (exact) mass is 153 g/mol. The average molecular weight is 153 g/mol. The second-order valence-electron chi connectivity index (χ2n) is 2.57. The van der Waals surface area contributed by atoms with Gasteiger partial charge in [-0.2, -0.15) is 0 Å². The maximum atomic E-state index is 3.78. The van der Waals surface area contributed by atoms with E-state index in [4.69, 9.17) is 0 Å². The van der Waals surface area contributed by atoms with E-state index >= 15 is 0 Å². The van der Waals surface area contributed by atoms with Crippen LogP contribution in [0.5, 0.6) is 0 Å². The van der Waals surface area contributed by atoms with Gasteiger partial charge in [0, 0.05) is 6.04 Å². The molecule has 0 aromatic carbocycles. The van der Waals surface area contributed by atoms with Crippen molar-refractivity contribution in [2.75, 3.05) is 5.32 Å². The summed E-state index contributed by atoms with van der Waals surface area (Å²) in [5.41, 5.74) is 0. The number of hydrogen-bond acceptors (Lipinski definition) is 5. The molecule has 0 saturated carbocycles. The van der Waals surface area contributed by atoms with Crippen LogP contribution in [0.3, 0.4) is 0 Å². The number of aromatic nitrogens is 4. The molecule has 0 spiro atoms. The zero-order chi connectivity index (χ0) is 8.27. The Balaban J connectivity index is 2.66. The smallest absolute Gasteiger partial charge is 0.262 e. The van der Waals surface area contributed by atoms with Crippen LogP contribution in [0.2, 0.25) is 0 Å². The molecule has 1 heterocycles. The van der Waals surface area contributed by atoms with E-state index in [9.17, 15) is 0 Å². The highest BCUT2D eigenvalue weighted by Gasteiger charge is 1.98. The first kappa shape index (κ1) is 7.84. The first-order chi connectivity index (χ1) is 5.18. The number of rotatable bonds is 2. The first-order valence-corrected chi connectivity index (χ1v) is 3.49. The van der Waals surface area contributed by atoms with Crippen LogP contribution < -0.4 is 5.32 Å². The van der Waals surface area contributed by atoms with Gasteiger partial charge in [-0.3, -0.25) is 0 Å². The van der Waals surface area contributed by atoms with Crippen LogP contribution >= 0.6 is 0 Å². The zero-order valence-electron chi connectivity index (χ0n) is 6.87. The predicted molar refractivity (Wildman–Crippen MR) is 41.1 cm³/mol. The van der Waals surface area contributed by atoms with Gasteiger partial charge in [-0.05, 0) is 20.8 Å². The molecule has 0 bridgehead atoms. The van der Waals surface area contributed by atoms with Gasteiger partial charge in [0.25, 0.3) is 5.95 Å². The highest BCUT2D eigenvalue weighted by molar-refractivity contribution is 5.19. The average Bonchev–Trinajstić information content (AvgIpc) is 1.93. The Labute approximate surface area is 65.3 Å². The number of hydrogen-bond donors (Lipinski definition) is 1. The fraction of sp³-hybridized carbons (Fsp3) is 0.667. The molecule has 0 unspecified atom stereocenters. The van der Waals surface area contributed by atoms with Crippen molar-refractivity contribution in [3.8, 4) is 0 Å². The van der Waals surface area contributed by atoms with E-state index in [2.05, 4.69) is 25.7 Å². The molecule has 1 aromatic rings. The fourth-order valence-corrected chi connectivity index (χ4v) is 0.595. The van der Waals surface area contributed by atoms with Crippen molar-refractivity contribution >= 4 is 5.95 Å². The van der Waals surface area contributed by atoms with Crippen molar-refractivity contribution in [2.24, 2.45) is 0 Å². The Morgan fingerprint density at radius 3 is 2.09 bits per heavy atom. The van der Waals surface area contributed by atoms with Gasteiger partial charge in [-0.1, -0.05) is 0 Å². The SMILES string of the molecule is Cc1nnc(NC(C)C)nn1. The second-order valence-corrected chi connectivity index (χ2v) is 2.57. The second kappa shape index (κ2) is 3.23. The molecular formula is C6H11N5. The van der Waals surface area contributed by atoms with Gasteiger partial charge in [0.1, 0.15) is 0 Å². The van der Waals surface area contributed by atoms with E-state index in [1.807, 2.05) is 13.8 Å². The Morgan fingerprint density at radius 1 is 1.09 bits per heavy atom. The molecule has 5 nitrogen and oxygen atoms in total. The molecule has 0 fully saturated rings. The minimum absolute atomic E-state index is 0.307. The number of nitrogens with zero attached hydrogens (tertiary/aromatic N) is 4. The molecule has 1 rings (SSSR count). The van der Waals surface area contributed by atoms with E-state index < -0.39 is 0 Å². The molecule has 1 aromatic heterocycles. The summed E-state index contributed by atoms with van der Waals surface area (Å²) in [6.45, 7) is 5.76. The minimum atomic E-state index is 0.307. The standard InChI is InChI=1S/C6H11N5/c1-4(2)7-6-10-8-5(3)9-11-6/h4H,1-3H3,(H,7,10,11). The summed E-state index contributed by atoms with van der Waals surface area (Å²) in [5.74, 6) is 1.06. The maximum absolute atomic E-state index is 3.78. The molecule has 60 valence electrons. The van der Waals surface area contributed by atoms with E-state index in [-0.39, 0.29) is 0 Å². The highest BCUT2D eigenvalue weighted by atomic mass is 15.3. The fourth-order valence-electron chi connectivity index (χ4n) is 0.595. The molecule has 0 atom stereocenters. The predicted octanol–water partition coefficient (Wildman–Crippen LogP) is 0.395. The van der Waals surface area contributed by atoms with Gasteiger partial charge in [0.2, 0.25) is 0 Å². The summed E-state index contributed by atoms with van der Waals surface area (Å²) >= 11 is 0. The number of aryl methyl sites for hydroxylation is 1. The van der Waals surface area contributed by atoms with Crippen LogP contribution in [0.25, 0.3) is 0 Å². The molecule has 1 N–H and O–H groups in total. The third-order valence-electron chi connectivity index (χ3n) is 0.997. The maximum Gasteiger partial charge on any atom is 0.262 e. The van der Waals surface area contributed by atoms with Crippen molar-refractivity contribution in [2.45, 2.75) is 26.8 Å². The van der Waals surface area contributed by atoms with Gasteiger partial charge >= 0.3 is 0 Å². The van der Waals surface area contributed by atoms with Crippen molar-refractivity contribution in [1.29, 1.82) is 0 Å². The molecule has 0 aliphatic heterocycles. The van der Waals surface area contributed by atoms with Crippen molar-refractivity contribution in [3.05, 3.63) is 5.82 Å². The highest BCUT2D eigenvalue weighted by Crippen LogP contribution is 1.94. The van der Waals surface area contributed by atoms with Crippen LogP contribution in [0.4, 0.5) is 5.95 Å². The number of anilines is 1. The summed E-state index contributed by atoms with van der Waals surface area (Å²) in [7, 11) is 0. The molecule has 11 heavy (non-hydrogen) atoms. The summed E-state index contributed by atoms with van der Waals surface area (Å²) < 4.78 is 0. The quantitative estimate of drug-likeness (QED) is 0.666. The lowest BCUT2D eigenvalue weighted by Gasteiger charge is -2.04. The molecule has 0 saturated heterocycles. The van der Waals surface area contributed by atoms with Gasteiger partial charge < -0.3 is 5.32 Å². The van der Waals surface area contributed by atoms with Crippen molar-refractivity contribution in [3.63, 3.8) is 0 Å². The Kier molecular flexibility index (Phi) is 2.30. The van der Waals surface area contributed by atoms with Crippen LogP contribution in [-0.2, 0) is 0 Å². The largest absolute Gasteiger partial charge is 0.349 e. The Morgan fingerprint density at radius 2 is 1.64 bits per heavy atom. The summed E-state index contributed by atoms with van der Waals surface area (Å²) in [4.78, 5) is 0. The van der Waals surface area contributed by atoms with Gasteiger partial charge in [0.05, 0.1) is 0 Å². The van der Waals surface area contributed by atoms with Crippen molar-refractivity contribution < 1.29 is 0 Å². The lowest BCUT2D eigenvalue weighted by atomic mass is 10.4. The van der Waals surface area contributed by atoms with Crippen molar-refractivity contribution in [1.82, 2.24) is 20.4 Å². The topological polar surface area (TPSA) is 63.6 Å². The van der Waals surface area contributed by atoms with Crippen LogP contribution in [-0.4, -0.2) is 26.4 Å². The van der Waals surface area contributed by atoms with Crippen LogP contribution in [0.1, 0.15) is 19.7 Å². The van der Waals surface area contributed by atoms with Crippen LogP contribution in [0.15, 0.2) is 0 Å². The third kappa shape index (κ3) is 2.45.